The number of carbonyl (C=O) groups is 1. The lowest BCUT2D eigenvalue weighted by atomic mass is 10.6. The number of hydrogen-bond donors (Lipinski definition) is 0. The molecule has 2 nitrogen and oxygen atoms in total. The van der Waals surface area contributed by atoms with Crippen LogP contribution in [0.5, 0.6) is 0 Å². The highest BCUT2D eigenvalue weighted by atomic mass is 32.1. The van der Waals surface area contributed by atoms with E-state index < -0.39 is 0 Å². The highest BCUT2D eigenvalue weighted by Gasteiger charge is 1.93. The van der Waals surface area contributed by atoms with Crippen LogP contribution in [0.2, 0.25) is 0 Å². The van der Waals surface area contributed by atoms with Crippen molar-refractivity contribution in [2.75, 3.05) is 0 Å². The second-order valence-electron chi connectivity index (χ2n) is 1.63. The van der Waals surface area contributed by atoms with Crippen molar-refractivity contribution in [1.29, 1.82) is 0 Å². The summed E-state index contributed by atoms with van der Waals surface area (Å²) in [4.78, 5) is 10.8. The van der Waals surface area contributed by atoms with Gasteiger partial charge in [-0.3, -0.25) is 4.79 Å². The number of rotatable bonds is 1. The van der Waals surface area contributed by atoms with Gasteiger partial charge in [-0.15, -0.1) is 11.3 Å². The van der Waals surface area contributed by atoms with Crippen molar-refractivity contribution >= 4 is 29.8 Å². The molecule has 0 N–H and O–H groups in total. The monoisotopic (exact) mass is 159 g/mol. The van der Waals surface area contributed by atoms with Crippen LogP contribution in [0.4, 0.5) is 0 Å². The van der Waals surface area contributed by atoms with E-state index in [9.17, 15) is 4.79 Å². The summed E-state index contributed by atoms with van der Waals surface area (Å²) in [6.07, 6.45) is 2.53. The average Bonchev–Trinajstić information content (AvgIpc) is 2.13. The Hall–Kier alpha value is -0.480. The maximum Gasteiger partial charge on any atom is 0.161 e. The summed E-state index contributed by atoms with van der Waals surface area (Å²) in [5.41, 5.74) is 0. The molecule has 0 fully saturated rings. The smallest absolute Gasteiger partial charge is 0.161 e. The van der Waals surface area contributed by atoms with Gasteiger partial charge in [-0.25, -0.2) is 0 Å². The third kappa shape index (κ3) is 1.25. The van der Waals surface area contributed by atoms with Crippen LogP contribution in [-0.4, -0.2) is 10.9 Å². The van der Waals surface area contributed by atoms with Crippen LogP contribution in [0.25, 0.3) is 0 Å². The Kier molecular flexibility index (Phi) is 1.78. The van der Waals surface area contributed by atoms with E-state index in [-0.39, 0.29) is 0 Å². The number of nitrogens with zero attached hydrogens (tertiary/aromatic N) is 1. The van der Waals surface area contributed by atoms with Crippen molar-refractivity contribution in [3.05, 3.63) is 15.0 Å². The first-order chi connectivity index (χ1) is 4.24. The van der Waals surface area contributed by atoms with E-state index in [1.807, 2.05) is 7.05 Å². The Morgan fingerprint density at radius 2 is 2.56 bits per heavy atom. The lowest BCUT2D eigenvalue weighted by Crippen LogP contribution is -1.80. The molecule has 0 aliphatic carbocycles. The van der Waals surface area contributed by atoms with Crippen LogP contribution in [-0.2, 0) is 7.05 Å². The van der Waals surface area contributed by atoms with Crippen LogP contribution in [0.1, 0.15) is 9.67 Å². The summed E-state index contributed by atoms with van der Waals surface area (Å²) >= 11 is 6.19. The molecule has 0 aliphatic heterocycles. The molecule has 0 amide bonds. The van der Waals surface area contributed by atoms with E-state index in [4.69, 9.17) is 12.2 Å². The number of thiazole rings is 1. The summed E-state index contributed by atoms with van der Waals surface area (Å²) < 4.78 is 2.49. The SMILES string of the molecule is Cn1cc(C=O)sc1=S. The molecule has 1 heterocycles. The Morgan fingerprint density at radius 1 is 1.89 bits per heavy atom. The molecule has 0 bridgehead atoms. The maximum absolute atomic E-state index is 10.1. The zero-order valence-corrected chi connectivity index (χ0v) is 6.46. The van der Waals surface area contributed by atoms with Crippen molar-refractivity contribution in [2.24, 2.45) is 7.05 Å². The Labute approximate surface area is 61.8 Å². The first-order valence-electron chi connectivity index (χ1n) is 2.35. The topological polar surface area (TPSA) is 22.0 Å². The molecule has 1 rings (SSSR count). The Bertz CT molecular complexity index is 273. The first kappa shape index (κ1) is 6.64. The van der Waals surface area contributed by atoms with E-state index in [1.165, 1.54) is 11.3 Å². The fourth-order valence-corrected chi connectivity index (χ4v) is 1.50. The van der Waals surface area contributed by atoms with Crippen molar-refractivity contribution in [2.45, 2.75) is 0 Å². The standard InChI is InChI=1S/C5H5NOS2/c1-6-2-4(3-7)9-5(6)8/h2-3H,1H3. The quantitative estimate of drug-likeness (QED) is 0.459. The van der Waals surface area contributed by atoms with Crippen LogP contribution in [0.15, 0.2) is 6.20 Å². The molecule has 0 aromatic carbocycles. The number of hydrogen-bond acceptors (Lipinski definition) is 3. The molecule has 4 heteroatoms. The maximum atomic E-state index is 10.1. The van der Waals surface area contributed by atoms with Crippen molar-refractivity contribution in [1.82, 2.24) is 4.57 Å². The molecule has 0 radical (unpaired) electrons. The predicted octanol–water partition coefficient (Wildman–Crippen LogP) is 1.63. The molecule has 9 heavy (non-hydrogen) atoms. The molecule has 1 aromatic rings. The van der Waals surface area contributed by atoms with Gasteiger partial charge in [-0.2, -0.15) is 0 Å². The molecule has 0 unspecified atom stereocenters. The van der Waals surface area contributed by atoms with Crippen molar-refractivity contribution in [3.8, 4) is 0 Å². The van der Waals surface area contributed by atoms with Crippen LogP contribution >= 0.6 is 23.6 Å². The van der Waals surface area contributed by atoms with Gasteiger partial charge in [-0.05, 0) is 12.2 Å². The zero-order chi connectivity index (χ0) is 6.85. The largest absolute Gasteiger partial charge is 0.332 e. The van der Waals surface area contributed by atoms with Crippen LogP contribution in [0.3, 0.4) is 0 Å². The van der Waals surface area contributed by atoms with Crippen LogP contribution < -0.4 is 0 Å². The van der Waals surface area contributed by atoms with Gasteiger partial charge in [0.1, 0.15) is 0 Å². The fraction of sp³-hybridized carbons (Fsp3) is 0.200. The zero-order valence-electron chi connectivity index (χ0n) is 4.83. The molecule has 0 saturated heterocycles. The second kappa shape index (κ2) is 2.41. The molecule has 0 aliphatic rings. The third-order valence-corrected chi connectivity index (χ3v) is 2.37. The van der Waals surface area contributed by atoms with Gasteiger partial charge in [0, 0.05) is 13.2 Å². The lowest BCUT2D eigenvalue weighted by Gasteiger charge is -1.80. The molecule has 0 atom stereocenters. The summed E-state index contributed by atoms with van der Waals surface area (Å²) in [6, 6.07) is 0. The highest BCUT2D eigenvalue weighted by Crippen LogP contribution is 2.07. The van der Waals surface area contributed by atoms with Crippen molar-refractivity contribution < 1.29 is 4.79 Å². The average molecular weight is 159 g/mol. The van der Waals surface area contributed by atoms with Gasteiger partial charge >= 0.3 is 0 Å². The summed E-state index contributed by atoms with van der Waals surface area (Å²) in [5, 5.41) is 0. The normalized spacial score (nSPS) is 9.44. The minimum atomic E-state index is 0.683. The molecule has 48 valence electrons. The van der Waals surface area contributed by atoms with Gasteiger partial charge in [0.05, 0.1) is 4.88 Å². The van der Waals surface area contributed by atoms with Gasteiger partial charge in [-0.1, -0.05) is 0 Å². The van der Waals surface area contributed by atoms with Gasteiger partial charge in [0.25, 0.3) is 0 Å². The third-order valence-electron chi connectivity index (χ3n) is 0.930. The van der Waals surface area contributed by atoms with E-state index in [0.29, 0.717) is 4.88 Å². The van der Waals surface area contributed by atoms with E-state index in [2.05, 4.69) is 0 Å². The van der Waals surface area contributed by atoms with Gasteiger partial charge in [0.15, 0.2) is 10.2 Å². The van der Waals surface area contributed by atoms with E-state index >= 15 is 0 Å². The fourth-order valence-electron chi connectivity index (χ4n) is 0.497. The minimum absolute atomic E-state index is 0.683. The second-order valence-corrected chi connectivity index (χ2v) is 3.34. The number of aromatic nitrogens is 1. The van der Waals surface area contributed by atoms with Crippen LogP contribution in [0, 0.1) is 3.95 Å². The summed E-state index contributed by atoms with van der Waals surface area (Å²) in [7, 11) is 1.83. The molecule has 0 spiro atoms. The molecular formula is C5H5NOS2. The van der Waals surface area contributed by atoms with E-state index in [1.54, 1.807) is 10.8 Å². The van der Waals surface area contributed by atoms with E-state index in [0.717, 1.165) is 10.2 Å². The highest BCUT2D eigenvalue weighted by molar-refractivity contribution is 7.73. The van der Waals surface area contributed by atoms with Crippen molar-refractivity contribution in [3.63, 3.8) is 0 Å². The van der Waals surface area contributed by atoms with Gasteiger partial charge < -0.3 is 4.57 Å². The Morgan fingerprint density at radius 3 is 2.78 bits per heavy atom. The predicted molar refractivity (Wildman–Crippen MR) is 39.5 cm³/mol. The number of aryl methyl sites for hydroxylation is 1. The summed E-state index contributed by atoms with van der Waals surface area (Å²) in [6.45, 7) is 0. The molecular weight excluding hydrogens is 154 g/mol. The molecule has 1 aromatic heterocycles. The minimum Gasteiger partial charge on any atom is -0.332 e. The van der Waals surface area contributed by atoms with Gasteiger partial charge in [0.2, 0.25) is 0 Å². The lowest BCUT2D eigenvalue weighted by molar-refractivity contribution is 0.112. The number of carbonyl (C=O) groups excluding carboxylic acids is 1. The summed E-state index contributed by atoms with van der Waals surface area (Å²) in [5.74, 6) is 0. The Balaban J connectivity index is 3.28. The molecule has 0 saturated carbocycles. The number of aldehydes is 1. The first-order valence-corrected chi connectivity index (χ1v) is 3.58.